The number of aliphatic hydroxyl groups is 3. The van der Waals surface area contributed by atoms with Crippen LogP contribution in [0.2, 0.25) is 0 Å². The van der Waals surface area contributed by atoms with Gasteiger partial charge in [0.2, 0.25) is 0 Å². The summed E-state index contributed by atoms with van der Waals surface area (Å²) in [7, 11) is 0. The molecule has 0 aromatic rings. The fourth-order valence-corrected chi connectivity index (χ4v) is 0.150. The monoisotopic (exact) mass is 166 g/mol. The third-order valence-electron chi connectivity index (χ3n) is 0.945. The molecule has 0 aliphatic rings. The lowest BCUT2D eigenvalue weighted by Gasteiger charge is -2.20. The molecule has 0 fully saturated rings. The Balaban J connectivity index is 0. The van der Waals surface area contributed by atoms with Crippen molar-refractivity contribution in [2.45, 2.75) is 5.54 Å². The fourth-order valence-electron chi connectivity index (χ4n) is 0.150. The highest BCUT2D eigenvalue weighted by Gasteiger charge is 2.20. The molecule has 0 heterocycles. The molecule has 0 rings (SSSR count). The number of hydrogen-bond acceptors (Lipinski definition) is 6. The van der Waals surface area contributed by atoms with Crippen molar-refractivity contribution in [3.05, 3.63) is 0 Å². The Kier molecular flexibility index (Phi) is 9.67. The predicted octanol–water partition coefficient (Wildman–Crippen LogP) is -3.83. The molecule has 0 bridgehead atoms. The van der Waals surface area contributed by atoms with E-state index < -0.39 is 25.4 Å². The van der Waals surface area contributed by atoms with Crippen molar-refractivity contribution in [3.63, 3.8) is 0 Å². The van der Waals surface area contributed by atoms with Crippen molar-refractivity contribution < 1.29 is 25.4 Å². The Morgan fingerprint density at radius 2 is 1.18 bits per heavy atom. The summed E-state index contributed by atoms with van der Waals surface area (Å²) in [6, 6.07) is 0. The maximum absolute atomic E-state index is 8.34. The highest BCUT2D eigenvalue weighted by Crippen LogP contribution is 1.93. The predicted molar refractivity (Wildman–Crippen MR) is 38.4 cm³/mol. The van der Waals surface area contributed by atoms with Gasteiger partial charge in [0.15, 0.2) is 0 Å². The van der Waals surface area contributed by atoms with Crippen LogP contribution < -0.4 is 5.73 Å². The van der Waals surface area contributed by atoms with Gasteiger partial charge in [-0.3, -0.25) is 0 Å². The molecule has 0 aromatic carbocycles. The van der Waals surface area contributed by atoms with Crippen molar-refractivity contribution in [2.75, 3.05) is 19.8 Å². The molecule has 7 N–H and O–H groups in total. The molecule has 67 valence electrons. The average Bonchev–Trinajstić information content (AvgIpc) is 2.05. The van der Waals surface area contributed by atoms with Crippen LogP contribution in [-0.2, 0) is 0 Å². The minimum atomic E-state index is -1.21. The average molecular weight is 166 g/mol. The largest absolute Gasteiger partial charge is 0.482 e. The molecule has 11 heavy (non-hydrogen) atoms. The molecule has 7 heteroatoms. The van der Waals surface area contributed by atoms with Gasteiger partial charge < -0.3 is 31.1 Å². The maximum atomic E-state index is 8.34. The molecule has 0 aromatic heterocycles. The van der Waals surface area contributed by atoms with Crippen molar-refractivity contribution in [2.24, 2.45) is 5.73 Å². The quantitative estimate of drug-likeness (QED) is 0.238. The Morgan fingerprint density at radius 1 is 1.00 bits per heavy atom. The van der Waals surface area contributed by atoms with Crippen LogP contribution in [0.4, 0.5) is 0 Å². The van der Waals surface area contributed by atoms with Crippen LogP contribution >= 0.6 is 0 Å². The van der Waals surface area contributed by atoms with Gasteiger partial charge in [-0.1, -0.05) is 0 Å². The second kappa shape index (κ2) is 7.93. The lowest BCUT2D eigenvalue weighted by atomic mass is 10.1. The van der Waals surface area contributed by atoms with E-state index in [4.69, 9.17) is 31.1 Å². The van der Waals surface area contributed by atoms with Crippen LogP contribution in [0.1, 0.15) is 0 Å². The van der Waals surface area contributed by atoms with E-state index in [1.165, 1.54) is 0 Å². The van der Waals surface area contributed by atoms with E-state index in [1.807, 2.05) is 0 Å². The zero-order valence-corrected chi connectivity index (χ0v) is 6.01. The van der Waals surface area contributed by atoms with Crippen LogP contribution in [0.5, 0.6) is 0 Å². The molecule has 0 spiro atoms. The number of hydrogen-bond donors (Lipinski definition) is 6. The Hall–Kier alpha value is -0.175. The first-order chi connectivity index (χ1) is 5.10. The molecule has 0 amide bonds. The van der Waals surface area contributed by atoms with E-state index in [9.17, 15) is 0 Å². The van der Waals surface area contributed by atoms with Crippen LogP contribution in [0, 0.1) is 0 Å². The Morgan fingerprint density at radius 3 is 1.18 bits per heavy atom. The first kappa shape index (κ1) is 13.4. The normalized spacial score (nSPS) is 10.0. The summed E-state index contributed by atoms with van der Waals surface area (Å²) in [6.07, 6.45) is 0. The Labute approximate surface area is 65.2 Å². The van der Waals surface area contributed by atoms with Crippen LogP contribution in [0.25, 0.3) is 0 Å². The molecule has 6 nitrogen and oxygen atoms in total. The van der Waals surface area contributed by atoms with E-state index in [0.29, 0.717) is 0 Å². The van der Waals surface area contributed by atoms with Crippen LogP contribution in [-0.4, -0.2) is 58.4 Å². The third kappa shape index (κ3) is 7.72. The van der Waals surface area contributed by atoms with Gasteiger partial charge in [0.05, 0.1) is 25.4 Å². The lowest BCUT2D eigenvalue weighted by Crippen LogP contribution is -2.50. The van der Waals surface area contributed by atoms with Gasteiger partial charge in [0.1, 0.15) is 0 Å². The Bertz CT molecular complexity index is 70.6. The molecule has 0 aliphatic carbocycles. The highest BCUT2D eigenvalue weighted by atomic mass is 16.4. The van der Waals surface area contributed by atoms with Gasteiger partial charge in [-0.15, -0.1) is 0 Å². The number of nitrogens with two attached hydrogens (primary N) is 1. The second-order valence-corrected chi connectivity index (χ2v) is 1.95. The second-order valence-electron chi connectivity index (χ2n) is 1.95. The molecular weight excluding hydrogens is 153 g/mol. The first-order valence-corrected chi connectivity index (χ1v) is 2.81. The van der Waals surface area contributed by atoms with Crippen molar-refractivity contribution >= 4 is 7.69 Å². The molecule has 0 unspecified atom stereocenters. The lowest BCUT2D eigenvalue weighted by molar-refractivity contribution is 0.0698. The molecule has 0 saturated heterocycles. The first-order valence-electron chi connectivity index (χ1n) is 2.81. The van der Waals surface area contributed by atoms with Crippen molar-refractivity contribution in [1.29, 1.82) is 0 Å². The zero-order valence-electron chi connectivity index (χ0n) is 6.01. The van der Waals surface area contributed by atoms with E-state index in [-0.39, 0.29) is 7.69 Å². The summed E-state index contributed by atoms with van der Waals surface area (Å²) in [4.78, 5) is 0. The van der Waals surface area contributed by atoms with Gasteiger partial charge in [-0.05, 0) is 0 Å². The van der Waals surface area contributed by atoms with Gasteiger partial charge in [-0.25, -0.2) is 0 Å². The van der Waals surface area contributed by atoms with E-state index in [2.05, 4.69) is 0 Å². The summed E-state index contributed by atoms with van der Waals surface area (Å²) in [5, 5.41) is 39.0. The highest BCUT2D eigenvalue weighted by molar-refractivity contribution is 6.13. The van der Waals surface area contributed by atoms with Crippen molar-refractivity contribution in [3.8, 4) is 0 Å². The topological polar surface area (TPSA) is 127 Å². The summed E-state index contributed by atoms with van der Waals surface area (Å²) in [6.45, 7) is -1.21. The third-order valence-corrected chi connectivity index (χ3v) is 0.945. The molecular formula is C4H13BNO5. The molecule has 0 aliphatic heterocycles. The summed E-state index contributed by atoms with van der Waals surface area (Å²) in [5.74, 6) is 0. The van der Waals surface area contributed by atoms with Gasteiger partial charge in [-0.2, -0.15) is 0 Å². The number of aliphatic hydroxyl groups excluding tert-OH is 3. The summed E-state index contributed by atoms with van der Waals surface area (Å²) >= 11 is 0. The maximum Gasteiger partial charge on any atom is 0.482 e. The van der Waals surface area contributed by atoms with Gasteiger partial charge >= 0.3 is 7.69 Å². The van der Waals surface area contributed by atoms with E-state index >= 15 is 0 Å². The minimum Gasteiger partial charge on any atom is -0.429 e. The van der Waals surface area contributed by atoms with Gasteiger partial charge in [0.25, 0.3) is 0 Å². The van der Waals surface area contributed by atoms with Crippen LogP contribution in [0.15, 0.2) is 0 Å². The molecule has 0 saturated carbocycles. The zero-order chi connectivity index (χ0) is 9.33. The SMILES string of the molecule is NC(CO)(CO)CO.O[B]O. The van der Waals surface area contributed by atoms with E-state index in [1.54, 1.807) is 0 Å². The number of rotatable bonds is 3. The molecule has 0 atom stereocenters. The summed E-state index contributed by atoms with van der Waals surface area (Å²) in [5.41, 5.74) is 3.94. The van der Waals surface area contributed by atoms with E-state index in [0.717, 1.165) is 0 Å². The minimum absolute atomic E-state index is 0. The smallest absolute Gasteiger partial charge is 0.429 e. The van der Waals surface area contributed by atoms with Gasteiger partial charge in [0, 0.05) is 0 Å². The molecule has 1 radical (unpaired) electrons. The van der Waals surface area contributed by atoms with Crippen LogP contribution in [0.3, 0.4) is 0 Å². The fraction of sp³-hybridized carbons (Fsp3) is 1.00. The summed E-state index contributed by atoms with van der Waals surface area (Å²) < 4.78 is 0. The van der Waals surface area contributed by atoms with Crippen molar-refractivity contribution in [1.82, 2.24) is 0 Å². The standard InChI is InChI=1S/C4H11NO3.BH2O2/c5-4(1-6,2-7)3-8;2-1-3/h6-8H,1-3,5H2;2-3H.